The smallest absolute Gasteiger partial charge is 0.236 e. The molecule has 0 bridgehead atoms. The Morgan fingerprint density at radius 1 is 1.43 bits per heavy atom. The lowest BCUT2D eigenvalue weighted by atomic mass is 10.0. The molecule has 4 N–H and O–H groups in total. The zero-order valence-corrected chi connectivity index (χ0v) is 13.1. The van der Waals surface area contributed by atoms with Crippen LogP contribution in [0.15, 0.2) is 12.1 Å². The minimum Gasteiger partial charge on any atom is -0.400 e. The predicted molar refractivity (Wildman–Crippen MR) is 84.6 cm³/mol. The molecule has 1 aromatic carbocycles. The van der Waals surface area contributed by atoms with Crippen LogP contribution in [0.2, 0.25) is 10.0 Å². The predicted octanol–water partition coefficient (Wildman–Crippen LogP) is 1.93. The summed E-state index contributed by atoms with van der Waals surface area (Å²) in [5.41, 5.74) is 8.50. The largest absolute Gasteiger partial charge is 0.400 e. The summed E-state index contributed by atoms with van der Waals surface area (Å²) in [6.07, 6.45) is 0.781. The number of amides is 1. The summed E-state index contributed by atoms with van der Waals surface area (Å²) >= 11 is 12.2. The molecule has 21 heavy (non-hydrogen) atoms. The fourth-order valence-electron chi connectivity index (χ4n) is 2.57. The molecule has 7 heteroatoms. The number of aromatic amines is 1. The van der Waals surface area contributed by atoms with Crippen LogP contribution in [0.25, 0.3) is 10.9 Å². The second-order valence-electron chi connectivity index (χ2n) is 4.64. The van der Waals surface area contributed by atoms with Crippen LogP contribution in [-0.4, -0.2) is 41.1 Å². The number of carbonyl (C=O) groups excluding carboxylic acids is 1. The molecule has 0 spiro atoms. The Hall–Kier alpha value is -1.27. The average Bonchev–Trinajstić information content (AvgIpc) is 2.90. The van der Waals surface area contributed by atoms with Crippen molar-refractivity contribution in [3.05, 3.63) is 33.4 Å². The number of hydrogen-bond acceptors (Lipinski definition) is 3. The highest BCUT2D eigenvalue weighted by atomic mass is 35.5. The van der Waals surface area contributed by atoms with E-state index in [2.05, 4.69) is 4.98 Å². The summed E-state index contributed by atoms with van der Waals surface area (Å²) in [5, 5.41) is 9.09. The number of H-pyrrole nitrogens is 1. The number of rotatable bonds is 1. The van der Waals surface area contributed by atoms with Crippen molar-refractivity contribution in [1.29, 1.82) is 0 Å². The number of aromatic nitrogens is 1. The minimum atomic E-state index is -0.0277. The molecule has 1 amide bonds. The van der Waals surface area contributed by atoms with Crippen molar-refractivity contribution in [2.75, 3.05) is 20.2 Å². The number of halogens is 2. The number of aliphatic hydroxyl groups is 1. The molecule has 114 valence electrons. The fourth-order valence-corrected chi connectivity index (χ4v) is 2.94. The monoisotopic (exact) mass is 329 g/mol. The first-order chi connectivity index (χ1) is 10.1. The van der Waals surface area contributed by atoms with Crippen LogP contribution >= 0.6 is 23.2 Å². The maximum Gasteiger partial charge on any atom is 0.236 e. The topological polar surface area (TPSA) is 82.3 Å². The van der Waals surface area contributed by atoms with Gasteiger partial charge in [0, 0.05) is 43.3 Å². The molecule has 5 nitrogen and oxygen atoms in total. The lowest BCUT2D eigenvalue weighted by Crippen LogP contribution is -2.39. The van der Waals surface area contributed by atoms with Gasteiger partial charge >= 0.3 is 0 Å². The van der Waals surface area contributed by atoms with Crippen LogP contribution in [-0.2, 0) is 17.8 Å². The van der Waals surface area contributed by atoms with Crippen molar-refractivity contribution in [2.45, 2.75) is 13.0 Å². The minimum absolute atomic E-state index is 0.0277. The van der Waals surface area contributed by atoms with Gasteiger partial charge in [0.15, 0.2) is 0 Å². The van der Waals surface area contributed by atoms with Gasteiger partial charge < -0.3 is 20.7 Å². The second-order valence-corrected chi connectivity index (χ2v) is 5.42. The Kier molecular flexibility index (Phi) is 5.11. The van der Waals surface area contributed by atoms with Crippen LogP contribution in [0, 0.1) is 0 Å². The highest BCUT2D eigenvalue weighted by Crippen LogP contribution is 2.35. The maximum absolute atomic E-state index is 11.7. The van der Waals surface area contributed by atoms with Gasteiger partial charge in [-0.05, 0) is 6.07 Å². The molecule has 2 heterocycles. The lowest BCUT2D eigenvalue weighted by molar-refractivity contribution is -0.130. The third kappa shape index (κ3) is 2.87. The second kappa shape index (κ2) is 6.66. The van der Waals surface area contributed by atoms with E-state index in [0.29, 0.717) is 23.1 Å². The molecule has 0 aliphatic carbocycles. The summed E-state index contributed by atoms with van der Waals surface area (Å²) < 4.78 is 0. The number of hydrogen-bond donors (Lipinski definition) is 3. The van der Waals surface area contributed by atoms with E-state index in [0.717, 1.165) is 35.7 Å². The molecule has 0 saturated carbocycles. The fraction of sp³-hybridized carbons (Fsp3) is 0.357. The standard InChI is InChI=1S/C13H13Cl2N3O.CH4O/c14-9-2-1-7-8-6-18(11(19)5-16)4-3-10(8)17-13(7)12(9)15;1-2/h1-2,17H,3-6,16H2;2H,1H3. The molecular weight excluding hydrogens is 313 g/mol. The summed E-state index contributed by atoms with van der Waals surface area (Å²) in [4.78, 5) is 16.8. The molecule has 0 fully saturated rings. The number of fused-ring (bicyclic) bond motifs is 3. The van der Waals surface area contributed by atoms with Crippen molar-refractivity contribution in [3.8, 4) is 0 Å². The van der Waals surface area contributed by atoms with Gasteiger partial charge in [-0.3, -0.25) is 4.79 Å². The number of aliphatic hydroxyl groups excluding tert-OH is 1. The Morgan fingerprint density at radius 2 is 2.14 bits per heavy atom. The van der Waals surface area contributed by atoms with Crippen LogP contribution in [0.1, 0.15) is 11.3 Å². The zero-order valence-electron chi connectivity index (χ0n) is 11.6. The number of nitrogens with one attached hydrogen (secondary N) is 1. The maximum atomic E-state index is 11.7. The first-order valence-corrected chi connectivity index (χ1v) is 7.27. The summed E-state index contributed by atoms with van der Waals surface area (Å²) in [6, 6.07) is 3.72. The Bertz CT molecular complexity index is 670. The first-order valence-electron chi connectivity index (χ1n) is 6.51. The van der Waals surface area contributed by atoms with Gasteiger partial charge in [-0.15, -0.1) is 0 Å². The van der Waals surface area contributed by atoms with Gasteiger partial charge in [0.1, 0.15) is 0 Å². The highest BCUT2D eigenvalue weighted by molar-refractivity contribution is 6.45. The molecule has 0 atom stereocenters. The summed E-state index contributed by atoms with van der Waals surface area (Å²) in [7, 11) is 1.00. The number of benzene rings is 1. The van der Waals surface area contributed by atoms with Crippen molar-refractivity contribution in [1.82, 2.24) is 9.88 Å². The molecule has 0 saturated heterocycles. The third-order valence-electron chi connectivity index (χ3n) is 3.57. The Morgan fingerprint density at radius 3 is 2.81 bits per heavy atom. The molecule has 0 unspecified atom stereocenters. The van der Waals surface area contributed by atoms with E-state index in [1.165, 1.54) is 0 Å². The number of carbonyl (C=O) groups is 1. The van der Waals surface area contributed by atoms with Gasteiger partial charge in [0.2, 0.25) is 5.91 Å². The lowest BCUT2D eigenvalue weighted by Gasteiger charge is -2.26. The van der Waals surface area contributed by atoms with E-state index in [1.807, 2.05) is 6.07 Å². The molecular formula is C14H17Cl2N3O2. The Labute approximate surface area is 132 Å². The van der Waals surface area contributed by atoms with E-state index in [4.69, 9.17) is 34.0 Å². The first kappa shape index (κ1) is 16.1. The van der Waals surface area contributed by atoms with Gasteiger partial charge in [0.05, 0.1) is 22.1 Å². The molecule has 3 rings (SSSR count). The summed E-state index contributed by atoms with van der Waals surface area (Å²) in [5.74, 6) is -0.0277. The molecule has 0 radical (unpaired) electrons. The van der Waals surface area contributed by atoms with E-state index < -0.39 is 0 Å². The molecule has 2 aromatic rings. The average molecular weight is 330 g/mol. The van der Waals surface area contributed by atoms with E-state index in [9.17, 15) is 4.79 Å². The normalized spacial score (nSPS) is 13.7. The van der Waals surface area contributed by atoms with Crippen molar-refractivity contribution >= 4 is 40.0 Å². The third-order valence-corrected chi connectivity index (χ3v) is 4.37. The van der Waals surface area contributed by atoms with Crippen molar-refractivity contribution in [2.24, 2.45) is 5.73 Å². The molecule has 1 aliphatic heterocycles. The molecule has 1 aromatic heterocycles. The van der Waals surface area contributed by atoms with Crippen LogP contribution in [0.5, 0.6) is 0 Å². The van der Waals surface area contributed by atoms with Gasteiger partial charge in [0.25, 0.3) is 0 Å². The zero-order chi connectivity index (χ0) is 15.6. The van der Waals surface area contributed by atoms with Crippen LogP contribution in [0.4, 0.5) is 0 Å². The number of nitrogens with two attached hydrogens (primary N) is 1. The van der Waals surface area contributed by atoms with E-state index in [1.54, 1.807) is 11.0 Å². The number of nitrogens with zero attached hydrogens (tertiary/aromatic N) is 1. The van der Waals surface area contributed by atoms with E-state index >= 15 is 0 Å². The van der Waals surface area contributed by atoms with Crippen LogP contribution < -0.4 is 5.73 Å². The quantitative estimate of drug-likeness (QED) is 0.747. The van der Waals surface area contributed by atoms with Gasteiger partial charge in [-0.25, -0.2) is 0 Å². The van der Waals surface area contributed by atoms with Crippen molar-refractivity contribution in [3.63, 3.8) is 0 Å². The van der Waals surface area contributed by atoms with Crippen LogP contribution in [0.3, 0.4) is 0 Å². The van der Waals surface area contributed by atoms with Gasteiger partial charge in [-0.1, -0.05) is 29.3 Å². The van der Waals surface area contributed by atoms with Crippen molar-refractivity contribution < 1.29 is 9.90 Å². The highest BCUT2D eigenvalue weighted by Gasteiger charge is 2.24. The Balaban J connectivity index is 0.000000774. The summed E-state index contributed by atoms with van der Waals surface area (Å²) in [6.45, 7) is 1.30. The van der Waals surface area contributed by atoms with E-state index in [-0.39, 0.29) is 12.5 Å². The molecule has 1 aliphatic rings. The van der Waals surface area contributed by atoms with Gasteiger partial charge in [-0.2, -0.15) is 0 Å². The SMILES string of the molecule is CO.NCC(=O)N1CCc2[nH]c3c(Cl)c(Cl)ccc3c2C1.